The Morgan fingerprint density at radius 3 is 2.71 bits per heavy atom. The molecule has 4 atom stereocenters. The lowest BCUT2D eigenvalue weighted by Gasteiger charge is -2.27. The summed E-state index contributed by atoms with van der Waals surface area (Å²) in [6, 6.07) is 15.5. The van der Waals surface area contributed by atoms with Crippen LogP contribution in [0.15, 0.2) is 59.6 Å². The summed E-state index contributed by atoms with van der Waals surface area (Å²) >= 11 is 3.64. The van der Waals surface area contributed by atoms with Crippen molar-refractivity contribution in [1.29, 1.82) is 0 Å². The first kappa shape index (κ1) is 20.5. The van der Waals surface area contributed by atoms with E-state index in [4.69, 9.17) is 4.74 Å². The van der Waals surface area contributed by atoms with Gasteiger partial charge in [-0.1, -0.05) is 40.9 Å². The molecule has 6 nitrogen and oxygen atoms in total. The second-order valence-electron chi connectivity index (χ2n) is 8.55. The molecule has 0 amide bonds. The number of aliphatic hydroxyl groups excluding tert-OH is 1. The number of nitrogens with zero attached hydrogens (tertiary/aromatic N) is 3. The zero-order valence-electron chi connectivity index (χ0n) is 17.3. The lowest BCUT2D eigenvalue weighted by molar-refractivity contribution is 0.0892. The lowest BCUT2D eigenvalue weighted by atomic mass is 9.82. The number of nitrogens with one attached hydrogen (secondary N) is 1. The minimum Gasteiger partial charge on any atom is -0.491 e. The zero-order chi connectivity index (χ0) is 21.2. The van der Waals surface area contributed by atoms with Crippen LogP contribution >= 0.6 is 15.9 Å². The summed E-state index contributed by atoms with van der Waals surface area (Å²) in [7, 11) is 0. The van der Waals surface area contributed by atoms with Crippen molar-refractivity contribution >= 4 is 21.6 Å². The van der Waals surface area contributed by atoms with E-state index in [1.807, 2.05) is 12.1 Å². The highest BCUT2D eigenvalue weighted by Gasteiger charge is 2.39. The van der Waals surface area contributed by atoms with Crippen molar-refractivity contribution in [3.05, 3.63) is 70.7 Å². The molecule has 1 aliphatic carbocycles. The third-order valence-electron chi connectivity index (χ3n) is 6.50. The molecule has 1 saturated carbocycles. The Balaban J connectivity index is 1.26. The first-order valence-electron chi connectivity index (χ1n) is 11.0. The highest BCUT2D eigenvalue weighted by molar-refractivity contribution is 9.10. The fourth-order valence-corrected chi connectivity index (χ4v) is 5.42. The number of halogens is 1. The lowest BCUT2D eigenvalue weighted by Crippen LogP contribution is -2.27. The summed E-state index contributed by atoms with van der Waals surface area (Å²) in [6.45, 7) is 0.588. The molecule has 2 N–H and O–H groups in total. The maximum absolute atomic E-state index is 10.2. The zero-order valence-corrected chi connectivity index (χ0v) is 18.9. The van der Waals surface area contributed by atoms with E-state index in [1.54, 1.807) is 11.0 Å². The van der Waals surface area contributed by atoms with Crippen LogP contribution in [0.3, 0.4) is 0 Å². The maximum atomic E-state index is 10.2. The molecule has 1 fully saturated rings. The van der Waals surface area contributed by atoms with Crippen molar-refractivity contribution in [3.63, 3.8) is 0 Å². The summed E-state index contributed by atoms with van der Waals surface area (Å²) in [5, 5.41) is 18.0. The van der Waals surface area contributed by atoms with Crippen LogP contribution in [0.5, 0.6) is 5.75 Å². The molecule has 1 aliphatic heterocycles. The number of hydrogen-bond acceptors (Lipinski definition) is 5. The molecule has 162 valence electrons. The first-order chi connectivity index (χ1) is 15.2. The number of benzene rings is 2. The van der Waals surface area contributed by atoms with Gasteiger partial charge in [0, 0.05) is 28.0 Å². The van der Waals surface area contributed by atoms with E-state index in [0.29, 0.717) is 24.4 Å². The van der Waals surface area contributed by atoms with Gasteiger partial charge >= 0.3 is 0 Å². The van der Waals surface area contributed by atoms with Crippen LogP contribution in [-0.4, -0.2) is 38.6 Å². The average molecular weight is 483 g/mol. The number of rotatable bonds is 6. The second kappa shape index (κ2) is 9.01. The molecular formula is C24H27BrN4O2. The predicted molar refractivity (Wildman–Crippen MR) is 123 cm³/mol. The Kier molecular flexibility index (Phi) is 5.96. The molecular weight excluding hydrogens is 456 g/mol. The van der Waals surface area contributed by atoms with E-state index in [-0.39, 0.29) is 6.61 Å². The predicted octanol–water partition coefficient (Wildman–Crippen LogP) is 4.72. The highest BCUT2D eigenvalue weighted by atomic mass is 79.9. The molecule has 7 heteroatoms. The normalized spacial score (nSPS) is 23.4. The van der Waals surface area contributed by atoms with E-state index >= 15 is 0 Å². The smallest absolute Gasteiger partial charge is 0.137 e. The van der Waals surface area contributed by atoms with Crippen LogP contribution in [0.1, 0.15) is 48.6 Å². The Labute approximate surface area is 190 Å². The Morgan fingerprint density at radius 2 is 1.94 bits per heavy atom. The van der Waals surface area contributed by atoms with Crippen LogP contribution in [0.2, 0.25) is 0 Å². The molecule has 31 heavy (non-hydrogen) atoms. The average Bonchev–Trinajstić information content (AvgIpc) is 3.35. The number of aromatic nitrogens is 3. The molecule has 0 spiro atoms. The van der Waals surface area contributed by atoms with Gasteiger partial charge in [-0.3, -0.25) is 4.68 Å². The third kappa shape index (κ3) is 4.48. The Bertz CT molecular complexity index is 1010. The van der Waals surface area contributed by atoms with Crippen LogP contribution in [0, 0.1) is 0 Å². The van der Waals surface area contributed by atoms with E-state index in [1.165, 1.54) is 48.8 Å². The number of fused-ring (bicyclic) bond motifs is 3. The number of anilines is 1. The summed E-state index contributed by atoms with van der Waals surface area (Å²) in [5.41, 5.74) is 4.09. The summed E-state index contributed by atoms with van der Waals surface area (Å²) < 4.78 is 8.56. The van der Waals surface area contributed by atoms with Crippen molar-refractivity contribution in [2.75, 3.05) is 11.9 Å². The third-order valence-corrected chi connectivity index (χ3v) is 6.99. The Morgan fingerprint density at radius 1 is 1.13 bits per heavy atom. The maximum Gasteiger partial charge on any atom is 0.137 e. The molecule has 0 saturated heterocycles. The summed E-state index contributed by atoms with van der Waals surface area (Å²) in [4.78, 5) is 3.89. The van der Waals surface area contributed by atoms with E-state index in [9.17, 15) is 5.11 Å². The Hall–Kier alpha value is -2.38. The number of ether oxygens (including phenoxy) is 1. The van der Waals surface area contributed by atoms with Crippen molar-refractivity contribution in [3.8, 4) is 5.75 Å². The van der Waals surface area contributed by atoms with Gasteiger partial charge in [-0.15, -0.1) is 0 Å². The molecule has 0 radical (unpaired) electrons. The van der Waals surface area contributed by atoms with Gasteiger partial charge in [-0.25, -0.2) is 4.98 Å². The monoisotopic (exact) mass is 482 g/mol. The van der Waals surface area contributed by atoms with Gasteiger partial charge in [-0.2, -0.15) is 5.10 Å². The quantitative estimate of drug-likeness (QED) is 0.531. The fourth-order valence-electron chi connectivity index (χ4n) is 5.04. The van der Waals surface area contributed by atoms with Crippen LogP contribution < -0.4 is 10.1 Å². The van der Waals surface area contributed by atoms with Gasteiger partial charge in [0.25, 0.3) is 0 Å². The minimum absolute atomic E-state index is 0.221. The number of aliphatic hydroxyl groups is 1. The van der Waals surface area contributed by atoms with Crippen LogP contribution in [-0.2, 0) is 6.54 Å². The highest BCUT2D eigenvalue weighted by Crippen LogP contribution is 2.48. The van der Waals surface area contributed by atoms with Crippen molar-refractivity contribution in [2.45, 2.75) is 56.2 Å². The van der Waals surface area contributed by atoms with Crippen LogP contribution in [0.25, 0.3) is 0 Å². The van der Waals surface area contributed by atoms with Crippen molar-refractivity contribution in [2.24, 2.45) is 0 Å². The minimum atomic E-state index is -0.635. The topological polar surface area (TPSA) is 72.2 Å². The number of hydrogen-bond donors (Lipinski definition) is 2. The van der Waals surface area contributed by atoms with Gasteiger partial charge in [-0.05, 0) is 54.3 Å². The van der Waals surface area contributed by atoms with Gasteiger partial charge in [0.15, 0.2) is 0 Å². The van der Waals surface area contributed by atoms with Crippen LogP contribution in [0.4, 0.5) is 5.69 Å². The van der Waals surface area contributed by atoms with Gasteiger partial charge in [0.05, 0.1) is 6.54 Å². The van der Waals surface area contributed by atoms with Gasteiger partial charge in [0.1, 0.15) is 31.1 Å². The molecule has 3 aromatic rings. The second-order valence-corrected chi connectivity index (χ2v) is 9.47. The molecule has 2 aliphatic rings. The molecule has 4 unspecified atom stereocenters. The largest absolute Gasteiger partial charge is 0.491 e. The summed E-state index contributed by atoms with van der Waals surface area (Å²) in [5.74, 6) is 1.81. The van der Waals surface area contributed by atoms with E-state index in [0.717, 1.165) is 10.2 Å². The molecule has 1 aromatic heterocycles. The van der Waals surface area contributed by atoms with Crippen molar-refractivity contribution in [1.82, 2.24) is 14.8 Å². The SMILES string of the molecule is OC(COc1ccc(C2CCCCC3c4cc(Br)ccc4NC23)cc1)Cn1cncn1. The first-order valence-corrected chi connectivity index (χ1v) is 11.8. The van der Waals surface area contributed by atoms with E-state index < -0.39 is 6.10 Å². The summed E-state index contributed by atoms with van der Waals surface area (Å²) in [6.07, 6.45) is 7.38. The molecule has 2 aromatic carbocycles. The fraction of sp³-hybridized carbons (Fsp3) is 0.417. The molecule has 0 bridgehead atoms. The van der Waals surface area contributed by atoms with Gasteiger partial charge in [0.2, 0.25) is 0 Å². The van der Waals surface area contributed by atoms with Crippen molar-refractivity contribution < 1.29 is 9.84 Å². The van der Waals surface area contributed by atoms with Gasteiger partial charge < -0.3 is 15.2 Å². The molecule has 2 heterocycles. The standard InChI is InChI=1S/C24H27BrN4O2/c25-17-7-10-23-22(11-17)21-4-2-1-3-20(24(21)28-23)16-5-8-19(9-6-16)31-13-18(30)12-29-15-26-14-27-29/h5-11,14-15,18,20-21,24,28,30H,1-4,12-13H2. The van der Waals surface area contributed by atoms with E-state index in [2.05, 4.69) is 61.7 Å². The molecule has 5 rings (SSSR count).